The van der Waals surface area contributed by atoms with Gasteiger partial charge in [-0.25, -0.2) is 0 Å². The Labute approximate surface area is 183 Å². The van der Waals surface area contributed by atoms with E-state index in [1.54, 1.807) is 49.1 Å². The Morgan fingerprint density at radius 2 is 1.90 bits per heavy atom. The molecular weight excluding hydrogens is 398 g/mol. The molecule has 0 saturated heterocycles. The second-order valence-electron chi connectivity index (χ2n) is 8.74. The van der Waals surface area contributed by atoms with Crippen LogP contribution in [0.2, 0.25) is 0 Å². The first-order chi connectivity index (χ1) is 14.7. The fourth-order valence-corrected chi connectivity index (χ4v) is 3.88. The summed E-state index contributed by atoms with van der Waals surface area (Å²) in [4.78, 5) is 41.0. The molecule has 31 heavy (non-hydrogen) atoms. The maximum Gasteiger partial charge on any atom is 0.257 e. The van der Waals surface area contributed by atoms with E-state index >= 15 is 0 Å². The molecule has 0 aromatic heterocycles. The fourth-order valence-electron chi connectivity index (χ4n) is 3.88. The van der Waals surface area contributed by atoms with E-state index in [1.807, 2.05) is 13.8 Å². The van der Waals surface area contributed by atoms with Crippen LogP contribution in [0.1, 0.15) is 44.0 Å². The largest absolute Gasteiger partial charge is 0.491 e. The van der Waals surface area contributed by atoms with Gasteiger partial charge in [-0.15, -0.1) is 0 Å². The maximum absolute atomic E-state index is 13.2. The number of methoxy groups -OCH3 is 1. The monoisotopic (exact) mass is 431 g/mol. The molecule has 2 aliphatic rings. The highest BCUT2D eigenvalue weighted by Crippen LogP contribution is 2.32. The quantitative estimate of drug-likeness (QED) is 0.794. The van der Waals surface area contributed by atoms with Gasteiger partial charge in [-0.05, 0) is 31.9 Å². The molecule has 1 heterocycles. The molecular formula is C23H33N3O5. The molecule has 8 heteroatoms. The number of hydrogen-bond donors (Lipinski definition) is 1. The Bertz CT molecular complexity index is 839. The number of likely N-dealkylation sites (N-methyl/N-ethyl adjacent to an activating group) is 1. The lowest BCUT2D eigenvalue weighted by Gasteiger charge is -2.35. The van der Waals surface area contributed by atoms with E-state index in [0.717, 1.165) is 12.8 Å². The van der Waals surface area contributed by atoms with E-state index in [4.69, 9.17) is 9.47 Å². The minimum atomic E-state index is -0.219. The van der Waals surface area contributed by atoms with Gasteiger partial charge in [0, 0.05) is 57.8 Å². The number of rotatable bonds is 3. The molecule has 3 amide bonds. The highest BCUT2D eigenvalue weighted by molar-refractivity contribution is 5.99. The van der Waals surface area contributed by atoms with Crippen LogP contribution in [0.4, 0.5) is 5.69 Å². The van der Waals surface area contributed by atoms with Gasteiger partial charge in [-0.1, -0.05) is 6.92 Å². The van der Waals surface area contributed by atoms with E-state index in [2.05, 4.69) is 5.32 Å². The molecule has 0 spiro atoms. The molecule has 170 valence electrons. The zero-order valence-corrected chi connectivity index (χ0v) is 19.0. The molecule has 0 radical (unpaired) electrons. The summed E-state index contributed by atoms with van der Waals surface area (Å²) in [5, 5.41) is 2.90. The van der Waals surface area contributed by atoms with Crippen LogP contribution in [-0.2, 0) is 14.3 Å². The van der Waals surface area contributed by atoms with Gasteiger partial charge in [0.2, 0.25) is 11.8 Å². The SMILES string of the molecule is CO[C@H]1CN(C)C(=O)c2ccc(NC(=O)C3CC3)cc2OC[C@@H](C)N(C(C)=O)C[C@H]1C. The fraction of sp³-hybridized carbons (Fsp3) is 0.609. The molecule has 1 saturated carbocycles. The van der Waals surface area contributed by atoms with Gasteiger partial charge >= 0.3 is 0 Å². The summed E-state index contributed by atoms with van der Waals surface area (Å²) in [6.07, 6.45) is 1.60. The van der Waals surface area contributed by atoms with Gasteiger partial charge in [0.25, 0.3) is 5.91 Å². The number of nitrogens with one attached hydrogen (secondary N) is 1. The number of carbonyl (C=O) groups excluding carboxylic acids is 3. The third-order valence-electron chi connectivity index (χ3n) is 6.07. The van der Waals surface area contributed by atoms with Crippen molar-refractivity contribution in [1.29, 1.82) is 0 Å². The van der Waals surface area contributed by atoms with Gasteiger partial charge in [0.15, 0.2) is 0 Å². The average Bonchev–Trinajstić information content (AvgIpc) is 3.58. The topological polar surface area (TPSA) is 88.2 Å². The molecule has 1 aliphatic heterocycles. The lowest BCUT2D eigenvalue weighted by molar-refractivity contribution is -0.133. The number of amides is 3. The first-order valence-corrected chi connectivity index (χ1v) is 10.8. The van der Waals surface area contributed by atoms with Gasteiger partial charge in [0.05, 0.1) is 17.7 Å². The zero-order valence-electron chi connectivity index (χ0n) is 19.0. The molecule has 3 rings (SSSR count). The van der Waals surface area contributed by atoms with Crippen molar-refractivity contribution in [3.63, 3.8) is 0 Å². The van der Waals surface area contributed by atoms with Crippen LogP contribution in [0, 0.1) is 11.8 Å². The predicted octanol–water partition coefficient (Wildman–Crippen LogP) is 2.39. The zero-order chi connectivity index (χ0) is 22.7. The molecule has 1 fully saturated rings. The van der Waals surface area contributed by atoms with Crippen molar-refractivity contribution >= 4 is 23.4 Å². The van der Waals surface area contributed by atoms with Crippen molar-refractivity contribution in [1.82, 2.24) is 9.80 Å². The molecule has 1 aliphatic carbocycles. The summed E-state index contributed by atoms with van der Waals surface area (Å²) in [5.74, 6) is 0.274. The molecule has 3 atom stereocenters. The number of carbonyl (C=O) groups is 3. The highest BCUT2D eigenvalue weighted by Gasteiger charge is 2.31. The van der Waals surface area contributed by atoms with Crippen molar-refractivity contribution in [2.45, 2.75) is 45.8 Å². The van der Waals surface area contributed by atoms with E-state index in [-0.39, 0.29) is 48.3 Å². The van der Waals surface area contributed by atoms with Gasteiger partial charge in [0.1, 0.15) is 12.4 Å². The number of anilines is 1. The van der Waals surface area contributed by atoms with E-state index in [9.17, 15) is 14.4 Å². The molecule has 1 aromatic carbocycles. The van der Waals surface area contributed by atoms with Gasteiger partial charge in [-0.2, -0.15) is 0 Å². The van der Waals surface area contributed by atoms with Gasteiger partial charge < -0.3 is 24.6 Å². The molecule has 1 N–H and O–H groups in total. The standard InChI is InChI=1S/C23H33N3O5/c1-14-11-26(16(3)27)15(2)13-31-20-10-18(24-22(28)17-6-7-17)8-9-19(20)23(29)25(4)12-21(14)30-5/h8-10,14-15,17,21H,6-7,11-13H2,1-5H3,(H,24,28)/t14-,15-,21+/m1/s1. The maximum atomic E-state index is 13.2. The minimum Gasteiger partial charge on any atom is -0.491 e. The van der Waals surface area contributed by atoms with Crippen LogP contribution in [0.15, 0.2) is 18.2 Å². The Balaban J connectivity index is 1.92. The third kappa shape index (κ3) is 5.55. The lowest BCUT2D eigenvalue weighted by atomic mass is 10.0. The van der Waals surface area contributed by atoms with Crippen LogP contribution in [0.5, 0.6) is 5.75 Å². The minimum absolute atomic E-state index is 0.00963. The summed E-state index contributed by atoms with van der Waals surface area (Å²) in [7, 11) is 3.35. The summed E-state index contributed by atoms with van der Waals surface area (Å²) in [5.41, 5.74) is 1.01. The Morgan fingerprint density at radius 1 is 1.19 bits per heavy atom. The van der Waals surface area contributed by atoms with Crippen molar-refractivity contribution in [3.05, 3.63) is 23.8 Å². The summed E-state index contributed by atoms with van der Waals surface area (Å²) < 4.78 is 11.7. The first-order valence-electron chi connectivity index (χ1n) is 10.8. The van der Waals surface area contributed by atoms with Crippen LogP contribution < -0.4 is 10.1 Å². The van der Waals surface area contributed by atoms with Crippen LogP contribution in [0.3, 0.4) is 0 Å². The second-order valence-corrected chi connectivity index (χ2v) is 8.74. The van der Waals surface area contributed by atoms with Crippen molar-refractivity contribution in [2.75, 3.05) is 39.2 Å². The van der Waals surface area contributed by atoms with Crippen LogP contribution in [-0.4, -0.2) is 73.5 Å². The Hall–Kier alpha value is -2.61. The van der Waals surface area contributed by atoms with Gasteiger partial charge in [-0.3, -0.25) is 14.4 Å². The van der Waals surface area contributed by atoms with E-state index in [1.165, 1.54) is 0 Å². The van der Waals surface area contributed by atoms with E-state index < -0.39 is 0 Å². The number of ether oxygens (including phenoxy) is 2. The molecule has 8 nitrogen and oxygen atoms in total. The van der Waals surface area contributed by atoms with Crippen molar-refractivity contribution in [3.8, 4) is 5.75 Å². The Kier molecular flexibility index (Phi) is 7.20. The normalized spacial score (nSPS) is 25.1. The third-order valence-corrected chi connectivity index (χ3v) is 6.07. The molecule has 0 bridgehead atoms. The lowest BCUT2D eigenvalue weighted by Crippen LogP contribution is -2.48. The van der Waals surface area contributed by atoms with E-state index in [0.29, 0.717) is 30.1 Å². The summed E-state index contributed by atoms with van der Waals surface area (Å²) in [6.45, 7) is 6.61. The first kappa shape index (κ1) is 23.1. The second kappa shape index (κ2) is 9.68. The molecule has 0 unspecified atom stereocenters. The summed E-state index contributed by atoms with van der Waals surface area (Å²) in [6, 6.07) is 4.90. The average molecular weight is 432 g/mol. The van der Waals surface area contributed by atoms with Crippen molar-refractivity contribution < 1.29 is 23.9 Å². The van der Waals surface area contributed by atoms with Crippen LogP contribution >= 0.6 is 0 Å². The Morgan fingerprint density at radius 3 is 2.52 bits per heavy atom. The number of nitrogens with zero attached hydrogens (tertiary/aromatic N) is 2. The van der Waals surface area contributed by atoms with Crippen molar-refractivity contribution in [2.24, 2.45) is 11.8 Å². The highest BCUT2D eigenvalue weighted by atomic mass is 16.5. The van der Waals surface area contributed by atoms with Crippen LogP contribution in [0.25, 0.3) is 0 Å². The number of hydrogen-bond acceptors (Lipinski definition) is 5. The predicted molar refractivity (Wildman–Crippen MR) is 117 cm³/mol. The smallest absolute Gasteiger partial charge is 0.257 e. The summed E-state index contributed by atoms with van der Waals surface area (Å²) >= 11 is 0. The number of benzene rings is 1. The number of fused-ring (bicyclic) bond motifs is 1. The molecule has 1 aromatic rings.